The predicted molar refractivity (Wildman–Crippen MR) is 230 cm³/mol. The third-order valence-electron chi connectivity index (χ3n) is 9.74. The number of hydrogen-bond acceptors (Lipinski definition) is 21. The van der Waals surface area contributed by atoms with Crippen LogP contribution >= 0.6 is 0 Å². The number of hydrogen-bond donors (Lipinski definition) is 4. The van der Waals surface area contributed by atoms with E-state index in [0.717, 1.165) is 103 Å². The molecule has 4 N–H and O–H groups in total. The zero-order chi connectivity index (χ0) is 50.9. The molecule has 0 radical (unpaired) electrons. The van der Waals surface area contributed by atoms with Crippen LogP contribution < -0.4 is 28.4 Å². The van der Waals surface area contributed by atoms with Crippen LogP contribution in [0.2, 0.25) is 0 Å². The van der Waals surface area contributed by atoms with Crippen LogP contribution in [0.1, 0.15) is 71.1 Å². The van der Waals surface area contributed by atoms with Gasteiger partial charge in [0, 0.05) is 54.4 Å². The molecule has 1 aliphatic carbocycles. The van der Waals surface area contributed by atoms with E-state index in [1.165, 1.54) is 18.2 Å². The van der Waals surface area contributed by atoms with Gasteiger partial charge in [-0.15, -0.1) is 0 Å². The van der Waals surface area contributed by atoms with E-state index >= 15 is 0 Å². The van der Waals surface area contributed by atoms with Gasteiger partial charge >= 0.3 is 41.8 Å². The molecule has 2 atom stereocenters. The number of carbonyl (C=O) groups is 10. The average Bonchev–Trinajstić information content (AvgIpc) is 3.23. The van der Waals surface area contributed by atoms with Crippen molar-refractivity contribution in [2.75, 3.05) is 7.11 Å². The molecule has 0 spiro atoms. The van der Waals surface area contributed by atoms with Crippen LogP contribution in [-0.2, 0) is 52.7 Å². The van der Waals surface area contributed by atoms with Gasteiger partial charge in [-0.25, -0.2) is 4.79 Å². The van der Waals surface area contributed by atoms with Crippen molar-refractivity contribution in [2.24, 2.45) is 0 Å². The van der Waals surface area contributed by atoms with E-state index in [2.05, 4.69) is 0 Å². The van der Waals surface area contributed by atoms with Gasteiger partial charge in [0.2, 0.25) is 0 Å². The fourth-order valence-electron chi connectivity index (χ4n) is 7.00. The SMILES string of the molecule is COC(=O)C1(O)C[C@](O)(C(=O)/C=C/c2ccc(OC(C)=O)c(OC(C)=O)c2)C(O)(C(=O)/C=C/c2ccc(OC(C)=O)c(OC(C)=O)c2)[C@@](O)(C(=O)/C=C/c2ccc(OC(C)=O)c(OC(C)=O)c2)C1. The predicted octanol–water partition coefficient (Wildman–Crippen LogP) is 2.28. The van der Waals surface area contributed by atoms with Crippen molar-refractivity contribution < 1.29 is 102 Å². The minimum absolute atomic E-state index is 0.0224. The molecule has 0 heterocycles. The minimum atomic E-state index is -4.06. The molecule has 1 fully saturated rings. The normalized spacial score (nSPS) is 21.1. The fraction of sp³-hybridized carbons (Fsp3) is 0.277. The van der Waals surface area contributed by atoms with Crippen LogP contribution in [0.15, 0.2) is 72.8 Å². The number of carbonyl (C=O) groups excluding carboxylic acids is 10. The summed E-state index contributed by atoms with van der Waals surface area (Å²) in [6, 6.07) is 10.5. The van der Waals surface area contributed by atoms with E-state index in [1.807, 2.05) is 0 Å². The maximum atomic E-state index is 14.6. The van der Waals surface area contributed by atoms with Crippen LogP contribution in [0.3, 0.4) is 0 Å². The lowest BCUT2D eigenvalue weighted by Gasteiger charge is -2.55. The van der Waals surface area contributed by atoms with Gasteiger partial charge in [-0.2, -0.15) is 0 Å². The number of esters is 7. The Balaban J connectivity index is 1.97. The van der Waals surface area contributed by atoms with Crippen LogP contribution in [0, 0.1) is 0 Å². The van der Waals surface area contributed by atoms with Gasteiger partial charge in [0.25, 0.3) is 0 Å². The monoisotopic (exact) mass is 944 g/mol. The van der Waals surface area contributed by atoms with E-state index in [9.17, 15) is 68.4 Å². The Hall–Kier alpha value is -7.98. The molecule has 0 unspecified atom stereocenters. The molecule has 0 bridgehead atoms. The third kappa shape index (κ3) is 11.9. The molecule has 4 rings (SSSR count). The topological polar surface area (TPSA) is 316 Å². The highest BCUT2D eigenvalue weighted by atomic mass is 16.6. The summed E-state index contributed by atoms with van der Waals surface area (Å²) < 4.78 is 35.1. The summed E-state index contributed by atoms with van der Waals surface area (Å²) in [5, 5.41) is 49.6. The Labute approximate surface area is 386 Å². The first-order chi connectivity index (χ1) is 31.7. The third-order valence-corrected chi connectivity index (χ3v) is 9.74. The van der Waals surface area contributed by atoms with Gasteiger partial charge in [-0.05, 0) is 71.3 Å². The van der Waals surface area contributed by atoms with Crippen molar-refractivity contribution in [2.45, 2.75) is 76.8 Å². The van der Waals surface area contributed by atoms with Crippen molar-refractivity contribution in [1.82, 2.24) is 0 Å². The molecule has 21 heteroatoms. The lowest BCUT2D eigenvalue weighted by atomic mass is 9.53. The molecular weight excluding hydrogens is 900 g/mol. The second-order valence-corrected chi connectivity index (χ2v) is 15.1. The summed E-state index contributed by atoms with van der Waals surface area (Å²) in [6.07, 6.45) is 1.13. The average molecular weight is 945 g/mol. The number of aliphatic hydroxyl groups is 4. The summed E-state index contributed by atoms with van der Waals surface area (Å²) in [6.45, 7) is 6.30. The Bertz CT molecular complexity index is 2570. The molecule has 3 aromatic carbocycles. The van der Waals surface area contributed by atoms with Gasteiger partial charge < -0.3 is 53.6 Å². The molecule has 0 aromatic heterocycles. The number of benzene rings is 3. The van der Waals surface area contributed by atoms with Gasteiger partial charge in [-0.3, -0.25) is 43.2 Å². The molecule has 21 nitrogen and oxygen atoms in total. The highest BCUT2D eigenvalue weighted by molar-refractivity contribution is 6.16. The summed E-state index contributed by atoms with van der Waals surface area (Å²) in [4.78, 5) is 127. The molecule has 358 valence electrons. The Morgan fingerprint density at radius 2 is 0.691 bits per heavy atom. The Morgan fingerprint density at radius 3 is 0.956 bits per heavy atom. The zero-order valence-electron chi connectivity index (χ0n) is 37.3. The first-order valence-electron chi connectivity index (χ1n) is 19.9. The molecule has 1 aliphatic rings. The lowest BCUT2D eigenvalue weighted by Crippen LogP contribution is -2.82. The maximum Gasteiger partial charge on any atom is 0.338 e. The molecular formula is C47H44O21. The lowest BCUT2D eigenvalue weighted by molar-refractivity contribution is -0.268. The van der Waals surface area contributed by atoms with Crippen molar-refractivity contribution in [3.8, 4) is 34.5 Å². The van der Waals surface area contributed by atoms with Gasteiger partial charge in [0.15, 0.2) is 74.3 Å². The zero-order valence-corrected chi connectivity index (χ0v) is 37.3. The first-order valence-corrected chi connectivity index (χ1v) is 19.9. The maximum absolute atomic E-state index is 14.6. The van der Waals surface area contributed by atoms with E-state index in [4.69, 9.17) is 33.2 Å². The van der Waals surface area contributed by atoms with Gasteiger partial charge in [0.1, 0.15) is 0 Å². The standard InChI is InChI=1S/C47H44O21/c1-25(48)63-34-14-8-31(20-37(34)66-28(4)51)11-17-40(54)45(59)23-44(58,43(57)62-7)24-46(60,41(55)18-12-32-9-15-35(64-26(2)49)38(21-32)67-29(5)52)47(45,61)42(56)19-13-33-10-16-36(65-27(3)50)39(22-33)68-30(6)53/h8-22,58-61H,23-24H2,1-7H3/b17-11+,18-12+,19-13+/t44?,45-,46-,47?/m0/s1. The second kappa shape index (κ2) is 21.1. The van der Waals surface area contributed by atoms with E-state index < -0.39 is 94.4 Å². The second-order valence-electron chi connectivity index (χ2n) is 15.1. The summed E-state index contributed by atoms with van der Waals surface area (Å²) in [7, 11) is 0.772. The van der Waals surface area contributed by atoms with Gasteiger partial charge in [0.05, 0.1) is 7.11 Å². The molecule has 1 saturated carbocycles. The highest BCUT2D eigenvalue weighted by Gasteiger charge is 2.77. The summed E-state index contributed by atoms with van der Waals surface area (Å²) in [5.74, 6) is -13.5. The smallest absolute Gasteiger partial charge is 0.338 e. The Kier molecular flexibility index (Phi) is 16.3. The van der Waals surface area contributed by atoms with Crippen molar-refractivity contribution >= 4 is 77.4 Å². The Morgan fingerprint density at radius 1 is 0.426 bits per heavy atom. The number of methoxy groups -OCH3 is 1. The highest BCUT2D eigenvalue weighted by Crippen LogP contribution is 2.51. The number of ether oxygens (including phenoxy) is 7. The van der Waals surface area contributed by atoms with Gasteiger partial charge in [-0.1, -0.05) is 36.4 Å². The van der Waals surface area contributed by atoms with E-state index in [-0.39, 0.29) is 51.2 Å². The number of ketones is 3. The molecule has 0 aliphatic heterocycles. The first kappa shape index (κ1) is 52.6. The summed E-state index contributed by atoms with van der Waals surface area (Å²) >= 11 is 0. The molecule has 0 saturated heterocycles. The van der Waals surface area contributed by atoms with Crippen molar-refractivity contribution in [3.05, 3.63) is 89.5 Å². The van der Waals surface area contributed by atoms with Crippen LogP contribution in [0.4, 0.5) is 0 Å². The fourth-order valence-corrected chi connectivity index (χ4v) is 7.00. The van der Waals surface area contributed by atoms with Crippen molar-refractivity contribution in [1.29, 1.82) is 0 Å². The van der Waals surface area contributed by atoms with Crippen LogP contribution in [0.5, 0.6) is 34.5 Å². The van der Waals surface area contributed by atoms with Crippen molar-refractivity contribution in [3.63, 3.8) is 0 Å². The number of rotatable bonds is 16. The van der Waals surface area contributed by atoms with E-state index in [0.29, 0.717) is 18.2 Å². The minimum Gasteiger partial charge on any atom is -0.467 e. The van der Waals surface area contributed by atoms with E-state index in [1.54, 1.807) is 0 Å². The van der Waals surface area contributed by atoms with Crippen LogP contribution in [0.25, 0.3) is 18.2 Å². The molecule has 3 aromatic rings. The van der Waals surface area contributed by atoms with Crippen LogP contribution in [-0.4, -0.2) is 109 Å². The molecule has 0 amide bonds. The summed E-state index contributed by atoms with van der Waals surface area (Å²) in [5.41, 5.74) is -15.1. The largest absolute Gasteiger partial charge is 0.467 e. The molecule has 68 heavy (non-hydrogen) atoms. The quantitative estimate of drug-likeness (QED) is 0.0909.